The predicted octanol–water partition coefficient (Wildman–Crippen LogP) is 3.54. The Bertz CT molecular complexity index is 530. The Hall–Kier alpha value is -0.915. The molecule has 1 fully saturated rings. The van der Waals surface area contributed by atoms with Crippen LogP contribution in [-0.4, -0.2) is 24.7 Å². The van der Waals surface area contributed by atoms with Gasteiger partial charge in [0, 0.05) is 10.5 Å². The summed E-state index contributed by atoms with van der Waals surface area (Å²) in [6, 6.07) is 3.68. The van der Waals surface area contributed by atoms with Gasteiger partial charge in [-0.15, -0.1) is 13.2 Å². The molecule has 0 spiro atoms. The van der Waals surface area contributed by atoms with E-state index in [0.29, 0.717) is 5.46 Å². The highest BCUT2D eigenvalue weighted by atomic mass is 35.5. The summed E-state index contributed by atoms with van der Waals surface area (Å²) in [4.78, 5) is 0. The molecule has 1 aliphatic rings. The summed E-state index contributed by atoms with van der Waals surface area (Å²) >= 11 is 6.02. The molecule has 1 aliphatic heterocycles. The van der Waals surface area contributed by atoms with Gasteiger partial charge in [-0.25, -0.2) is 0 Å². The van der Waals surface area contributed by atoms with Crippen molar-refractivity contribution < 1.29 is 27.2 Å². The molecule has 2 rings (SSSR count). The highest BCUT2D eigenvalue weighted by Gasteiger charge is 2.52. The minimum Gasteiger partial charge on any atom is -0.406 e. The number of hydrogen-bond acceptors (Lipinski definition) is 3. The molecule has 116 valence electrons. The maximum atomic E-state index is 12.2. The normalized spacial score (nSPS) is 20.7. The highest BCUT2D eigenvalue weighted by molar-refractivity contribution is 6.65. The van der Waals surface area contributed by atoms with Gasteiger partial charge in [0.25, 0.3) is 0 Å². The van der Waals surface area contributed by atoms with Crippen LogP contribution in [0.3, 0.4) is 0 Å². The summed E-state index contributed by atoms with van der Waals surface area (Å²) in [5, 5.41) is 0.0928. The van der Waals surface area contributed by atoms with Crippen LogP contribution in [0.4, 0.5) is 13.2 Å². The topological polar surface area (TPSA) is 27.7 Å². The minimum atomic E-state index is -4.75. The lowest BCUT2D eigenvalue weighted by Gasteiger charge is -2.32. The van der Waals surface area contributed by atoms with Crippen molar-refractivity contribution in [3.8, 4) is 5.75 Å². The first kappa shape index (κ1) is 16.5. The first-order chi connectivity index (χ1) is 9.41. The number of ether oxygens (including phenoxy) is 1. The van der Waals surface area contributed by atoms with Crippen molar-refractivity contribution in [2.45, 2.75) is 45.3 Å². The Labute approximate surface area is 126 Å². The van der Waals surface area contributed by atoms with Crippen LogP contribution in [-0.2, 0) is 9.31 Å². The SMILES string of the molecule is CC1(C)OB(c2ccc(OC(F)(F)F)cc2Cl)OC1(C)C. The molecule has 21 heavy (non-hydrogen) atoms. The van der Waals surface area contributed by atoms with Gasteiger partial charge in [0.15, 0.2) is 0 Å². The molecule has 0 radical (unpaired) electrons. The predicted molar refractivity (Wildman–Crippen MR) is 73.9 cm³/mol. The smallest absolute Gasteiger partial charge is 0.406 e. The summed E-state index contributed by atoms with van der Waals surface area (Å²) < 4.78 is 51.9. The molecular formula is C13H15BClF3O3. The average Bonchev–Trinajstić information content (AvgIpc) is 2.45. The van der Waals surface area contributed by atoms with Crippen molar-refractivity contribution in [1.29, 1.82) is 0 Å². The van der Waals surface area contributed by atoms with E-state index < -0.39 is 24.7 Å². The van der Waals surface area contributed by atoms with E-state index in [2.05, 4.69) is 4.74 Å². The lowest BCUT2D eigenvalue weighted by molar-refractivity contribution is -0.274. The second-order valence-corrected chi connectivity index (χ2v) is 6.23. The zero-order valence-electron chi connectivity index (χ0n) is 12.0. The van der Waals surface area contributed by atoms with E-state index in [1.54, 1.807) is 0 Å². The van der Waals surface area contributed by atoms with E-state index >= 15 is 0 Å². The van der Waals surface area contributed by atoms with Gasteiger partial charge in [-0.1, -0.05) is 17.7 Å². The molecule has 0 saturated carbocycles. The molecule has 1 aromatic rings. The van der Waals surface area contributed by atoms with Gasteiger partial charge < -0.3 is 14.0 Å². The van der Waals surface area contributed by atoms with Crippen molar-refractivity contribution in [2.75, 3.05) is 0 Å². The maximum absolute atomic E-state index is 12.2. The molecule has 1 aromatic carbocycles. The van der Waals surface area contributed by atoms with E-state index in [1.807, 2.05) is 27.7 Å². The molecular weight excluding hydrogens is 307 g/mol. The number of rotatable bonds is 2. The fourth-order valence-electron chi connectivity index (χ4n) is 1.87. The van der Waals surface area contributed by atoms with Gasteiger partial charge in [-0.3, -0.25) is 0 Å². The van der Waals surface area contributed by atoms with Crippen molar-refractivity contribution >= 4 is 24.2 Å². The van der Waals surface area contributed by atoms with E-state index in [-0.39, 0.29) is 10.8 Å². The van der Waals surface area contributed by atoms with Crippen molar-refractivity contribution in [1.82, 2.24) is 0 Å². The Morgan fingerprint density at radius 3 is 2.05 bits per heavy atom. The second-order valence-electron chi connectivity index (χ2n) is 5.82. The number of hydrogen-bond donors (Lipinski definition) is 0. The number of benzene rings is 1. The quantitative estimate of drug-likeness (QED) is 0.780. The van der Waals surface area contributed by atoms with Crippen molar-refractivity contribution in [3.63, 3.8) is 0 Å². The minimum absolute atomic E-state index is 0.0928. The zero-order valence-corrected chi connectivity index (χ0v) is 12.8. The summed E-state index contributed by atoms with van der Waals surface area (Å²) in [6.45, 7) is 7.51. The molecule has 1 saturated heterocycles. The summed E-state index contributed by atoms with van der Waals surface area (Å²) in [5.41, 5.74) is -0.644. The van der Waals surface area contributed by atoms with Crippen LogP contribution in [0.5, 0.6) is 5.75 Å². The Balaban J connectivity index is 2.23. The van der Waals surface area contributed by atoms with Crippen LogP contribution in [0, 0.1) is 0 Å². The van der Waals surface area contributed by atoms with Crippen LogP contribution in [0.2, 0.25) is 5.02 Å². The van der Waals surface area contributed by atoms with Gasteiger partial charge in [0.05, 0.1) is 11.2 Å². The number of halogens is 4. The molecule has 0 N–H and O–H groups in total. The molecule has 0 amide bonds. The van der Waals surface area contributed by atoms with Crippen molar-refractivity contribution in [3.05, 3.63) is 23.2 Å². The largest absolute Gasteiger partial charge is 0.573 e. The fraction of sp³-hybridized carbons (Fsp3) is 0.538. The zero-order chi connectivity index (χ0) is 16.1. The van der Waals surface area contributed by atoms with Crippen LogP contribution in [0.1, 0.15) is 27.7 Å². The Morgan fingerprint density at radius 2 is 1.62 bits per heavy atom. The van der Waals surface area contributed by atoms with Crippen LogP contribution in [0.25, 0.3) is 0 Å². The van der Waals surface area contributed by atoms with Gasteiger partial charge in [0.2, 0.25) is 0 Å². The van der Waals surface area contributed by atoms with E-state index in [9.17, 15) is 13.2 Å². The van der Waals surface area contributed by atoms with Gasteiger partial charge >= 0.3 is 13.5 Å². The average molecular weight is 323 g/mol. The number of alkyl halides is 3. The summed E-state index contributed by atoms with van der Waals surface area (Å²) in [7, 11) is -0.734. The van der Waals surface area contributed by atoms with Crippen molar-refractivity contribution in [2.24, 2.45) is 0 Å². The van der Waals surface area contributed by atoms with Gasteiger partial charge in [-0.2, -0.15) is 0 Å². The third-order valence-corrected chi connectivity index (χ3v) is 4.04. The lowest BCUT2D eigenvalue weighted by Crippen LogP contribution is -2.41. The van der Waals surface area contributed by atoms with Gasteiger partial charge in [-0.05, 0) is 39.8 Å². The van der Waals surface area contributed by atoms with Crippen LogP contribution < -0.4 is 10.2 Å². The first-order valence-electron chi connectivity index (χ1n) is 6.32. The van der Waals surface area contributed by atoms with E-state index in [1.165, 1.54) is 12.1 Å². The van der Waals surface area contributed by atoms with Crippen LogP contribution in [0.15, 0.2) is 18.2 Å². The molecule has 0 aromatic heterocycles. The highest BCUT2D eigenvalue weighted by Crippen LogP contribution is 2.37. The standard InChI is InChI=1S/C13H15BClF3O3/c1-11(2)12(3,4)21-14(20-11)9-6-5-8(7-10(9)15)19-13(16,17)18/h5-7H,1-4H3. The molecule has 8 heteroatoms. The molecule has 0 bridgehead atoms. The van der Waals surface area contributed by atoms with E-state index in [0.717, 1.165) is 6.07 Å². The first-order valence-corrected chi connectivity index (χ1v) is 6.70. The third-order valence-electron chi connectivity index (χ3n) is 3.71. The second kappa shape index (κ2) is 5.07. The molecule has 0 atom stereocenters. The molecule has 0 aliphatic carbocycles. The van der Waals surface area contributed by atoms with Crippen LogP contribution >= 0.6 is 11.6 Å². The fourth-order valence-corrected chi connectivity index (χ4v) is 2.13. The monoisotopic (exact) mass is 322 g/mol. The molecule has 3 nitrogen and oxygen atoms in total. The Morgan fingerprint density at radius 1 is 1.10 bits per heavy atom. The lowest BCUT2D eigenvalue weighted by atomic mass is 9.79. The maximum Gasteiger partial charge on any atom is 0.573 e. The van der Waals surface area contributed by atoms with Gasteiger partial charge in [0.1, 0.15) is 5.75 Å². The summed E-state index contributed by atoms with van der Waals surface area (Å²) in [6.07, 6.45) is -4.75. The molecule has 0 unspecified atom stereocenters. The van der Waals surface area contributed by atoms with E-state index in [4.69, 9.17) is 20.9 Å². The third kappa shape index (κ3) is 3.47. The summed E-state index contributed by atoms with van der Waals surface area (Å²) in [5.74, 6) is -0.382. The molecule has 1 heterocycles. The Kier molecular flexibility index (Phi) is 3.97.